The highest BCUT2D eigenvalue weighted by molar-refractivity contribution is 6.07. The molecule has 0 saturated heterocycles. The third-order valence-electron chi connectivity index (χ3n) is 4.48. The first-order valence-corrected chi connectivity index (χ1v) is 9.17. The van der Waals surface area contributed by atoms with Crippen molar-refractivity contribution < 1.29 is 19.4 Å². The number of carbonyl (C=O) groups is 2. The van der Waals surface area contributed by atoms with Crippen LogP contribution in [0.3, 0.4) is 0 Å². The Kier molecular flexibility index (Phi) is 7.21. The number of hydrogen-bond acceptors (Lipinski definition) is 3. The van der Waals surface area contributed by atoms with Crippen molar-refractivity contribution in [2.45, 2.75) is 33.7 Å². The van der Waals surface area contributed by atoms with Crippen LogP contribution in [-0.4, -0.2) is 52.8 Å². The monoisotopic (exact) mass is 360 g/mol. The summed E-state index contributed by atoms with van der Waals surface area (Å²) in [5, 5.41) is 10.1. The molecule has 0 bridgehead atoms. The maximum absolute atomic E-state index is 13.2. The van der Waals surface area contributed by atoms with Gasteiger partial charge in [-0.1, -0.05) is 25.1 Å². The molecule has 1 atom stereocenters. The van der Waals surface area contributed by atoms with Crippen LogP contribution in [0, 0.1) is 5.92 Å². The van der Waals surface area contributed by atoms with Gasteiger partial charge >= 0.3 is 5.97 Å². The van der Waals surface area contributed by atoms with Crippen molar-refractivity contribution in [3.05, 3.63) is 36.0 Å². The van der Waals surface area contributed by atoms with E-state index in [1.54, 1.807) is 11.8 Å². The lowest BCUT2D eigenvalue weighted by molar-refractivity contribution is -0.141. The van der Waals surface area contributed by atoms with Gasteiger partial charge in [-0.3, -0.25) is 9.59 Å². The Labute approximate surface area is 154 Å². The molecular formula is C20H28N2O4. The fraction of sp³-hybridized carbons (Fsp3) is 0.500. The molecule has 142 valence electrons. The third-order valence-corrected chi connectivity index (χ3v) is 4.48. The first kappa shape index (κ1) is 20.0. The van der Waals surface area contributed by atoms with Crippen molar-refractivity contribution in [1.29, 1.82) is 0 Å². The van der Waals surface area contributed by atoms with E-state index in [4.69, 9.17) is 4.74 Å². The lowest BCUT2D eigenvalue weighted by Gasteiger charge is -2.24. The quantitative estimate of drug-likeness (QED) is 0.660. The highest BCUT2D eigenvalue weighted by Gasteiger charge is 2.24. The van der Waals surface area contributed by atoms with Gasteiger partial charge < -0.3 is 19.3 Å². The van der Waals surface area contributed by atoms with Crippen LogP contribution in [0.25, 0.3) is 10.9 Å². The molecule has 0 fully saturated rings. The Morgan fingerprint density at radius 2 is 2.00 bits per heavy atom. The molecule has 1 unspecified atom stereocenters. The summed E-state index contributed by atoms with van der Waals surface area (Å²) in [6, 6.07) is 7.80. The molecule has 6 nitrogen and oxygen atoms in total. The van der Waals surface area contributed by atoms with Crippen molar-refractivity contribution in [2.75, 3.05) is 26.3 Å². The minimum Gasteiger partial charge on any atom is -0.481 e. The molecule has 0 radical (unpaired) electrons. The molecular weight excluding hydrogens is 332 g/mol. The Hall–Kier alpha value is -2.34. The smallest absolute Gasteiger partial charge is 0.308 e. The van der Waals surface area contributed by atoms with Gasteiger partial charge in [0.1, 0.15) is 0 Å². The summed E-state index contributed by atoms with van der Waals surface area (Å²) in [6.45, 7) is 8.20. The number of carboxylic acids is 1. The molecule has 2 aromatic rings. The van der Waals surface area contributed by atoms with Crippen LogP contribution in [0.2, 0.25) is 0 Å². The van der Waals surface area contributed by atoms with E-state index < -0.39 is 11.9 Å². The number of fused-ring (bicyclic) bond motifs is 1. The van der Waals surface area contributed by atoms with Gasteiger partial charge in [-0.05, 0) is 26.3 Å². The number of hydrogen-bond donors (Lipinski definition) is 1. The van der Waals surface area contributed by atoms with Gasteiger partial charge in [-0.25, -0.2) is 0 Å². The van der Waals surface area contributed by atoms with E-state index in [9.17, 15) is 14.7 Å². The van der Waals surface area contributed by atoms with Gasteiger partial charge in [-0.15, -0.1) is 0 Å². The summed E-state index contributed by atoms with van der Waals surface area (Å²) >= 11 is 0. The van der Waals surface area contributed by atoms with Crippen LogP contribution in [0.4, 0.5) is 0 Å². The second kappa shape index (κ2) is 9.38. The summed E-state index contributed by atoms with van der Waals surface area (Å²) in [5.41, 5.74) is 1.63. The lowest BCUT2D eigenvalue weighted by Crippen LogP contribution is -2.38. The number of carboxylic acid groups (broad SMARTS) is 1. The second-order valence-corrected chi connectivity index (χ2v) is 6.39. The molecule has 1 aromatic carbocycles. The zero-order valence-electron chi connectivity index (χ0n) is 15.8. The summed E-state index contributed by atoms with van der Waals surface area (Å²) < 4.78 is 7.40. The number of aliphatic carboxylic acids is 1. The standard InChI is InChI=1S/C20H28N2O4/c1-4-21-14-17(16-9-6-7-10-18(16)21)19(23)22(11-8-12-26-5-2)13-15(3)20(24)25/h6-7,9-10,14-15H,4-5,8,11-13H2,1-3H3,(H,24,25). The minimum atomic E-state index is -0.899. The highest BCUT2D eigenvalue weighted by Crippen LogP contribution is 2.23. The number of amides is 1. The summed E-state index contributed by atoms with van der Waals surface area (Å²) in [5.74, 6) is -1.65. The number of carbonyl (C=O) groups excluding carboxylic acids is 1. The fourth-order valence-electron chi connectivity index (χ4n) is 3.04. The molecule has 1 heterocycles. The van der Waals surface area contributed by atoms with E-state index in [1.807, 2.05) is 48.9 Å². The molecule has 6 heteroatoms. The van der Waals surface area contributed by atoms with Crippen molar-refractivity contribution in [1.82, 2.24) is 9.47 Å². The summed E-state index contributed by atoms with van der Waals surface area (Å²) in [4.78, 5) is 26.1. The predicted octanol–water partition coefficient (Wildman–Crippen LogP) is 3.25. The van der Waals surface area contributed by atoms with Gasteiger partial charge in [0, 0.05) is 49.9 Å². The van der Waals surface area contributed by atoms with Gasteiger partial charge in [0.25, 0.3) is 5.91 Å². The van der Waals surface area contributed by atoms with E-state index >= 15 is 0 Å². The normalized spacial score (nSPS) is 12.3. The minimum absolute atomic E-state index is 0.127. The van der Waals surface area contributed by atoms with Gasteiger partial charge in [0.05, 0.1) is 11.5 Å². The number of nitrogens with zero attached hydrogens (tertiary/aromatic N) is 2. The van der Waals surface area contributed by atoms with Crippen molar-refractivity contribution in [3.63, 3.8) is 0 Å². The van der Waals surface area contributed by atoms with Gasteiger partial charge in [-0.2, -0.15) is 0 Å². The molecule has 1 N–H and O–H groups in total. The average molecular weight is 360 g/mol. The number of benzene rings is 1. The molecule has 26 heavy (non-hydrogen) atoms. The molecule has 1 aromatic heterocycles. The molecule has 0 aliphatic heterocycles. The zero-order valence-corrected chi connectivity index (χ0v) is 15.8. The molecule has 0 saturated carbocycles. The number of aryl methyl sites for hydroxylation is 1. The second-order valence-electron chi connectivity index (χ2n) is 6.39. The lowest BCUT2D eigenvalue weighted by atomic mass is 10.1. The van der Waals surface area contributed by atoms with E-state index in [-0.39, 0.29) is 12.5 Å². The molecule has 2 rings (SSSR count). The van der Waals surface area contributed by atoms with Crippen LogP contribution in [0.15, 0.2) is 30.5 Å². The molecule has 1 amide bonds. The van der Waals surface area contributed by atoms with Crippen molar-refractivity contribution >= 4 is 22.8 Å². The Balaban J connectivity index is 2.28. The average Bonchev–Trinajstić information content (AvgIpc) is 3.02. The zero-order chi connectivity index (χ0) is 19.1. The summed E-state index contributed by atoms with van der Waals surface area (Å²) in [6.07, 6.45) is 2.55. The number of rotatable bonds is 10. The highest BCUT2D eigenvalue weighted by atomic mass is 16.5. The predicted molar refractivity (Wildman–Crippen MR) is 101 cm³/mol. The first-order valence-electron chi connectivity index (χ1n) is 9.17. The van der Waals surface area contributed by atoms with Crippen molar-refractivity contribution in [3.8, 4) is 0 Å². The third kappa shape index (κ3) is 4.64. The van der Waals surface area contributed by atoms with Crippen LogP contribution in [0.1, 0.15) is 37.6 Å². The van der Waals surface area contributed by atoms with Crippen LogP contribution in [-0.2, 0) is 16.1 Å². The number of aromatic nitrogens is 1. The van der Waals surface area contributed by atoms with Gasteiger partial charge in [0.2, 0.25) is 0 Å². The maximum atomic E-state index is 13.2. The van der Waals surface area contributed by atoms with Crippen molar-refractivity contribution in [2.24, 2.45) is 5.92 Å². The van der Waals surface area contributed by atoms with Crippen LogP contribution in [0.5, 0.6) is 0 Å². The maximum Gasteiger partial charge on any atom is 0.308 e. The van der Waals surface area contributed by atoms with E-state index in [0.29, 0.717) is 31.7 Å². The largest absolute Gasteiger partial charge is 0.481 e. The molecule has 0 spiro atoms. The fourth-order valence-corrected chi connectivity index (χ4v) is 3.04. The summed E-state index contributed by atoms with van der Waals surface area (Å²) in [7, 11) is 0. The Morgan fingerprint density at radius 1 is 1.27 bits per heavy atom. The SMILES string of the molecule is CCOCCCN(CC(C)C(=O)O)C(=O)c1cn(CC)c2ccccc12. The number of para-hydroxylation sites is 1. The van der Waals surface area contributed by atoms with E-state index in [1.165, 1.54) is 0 Å². The topological polar surface area (TPSA) is 71.8 Å². The molecule has 0 aliphatic rings. The Morgan fingerprint density at radius 3 is 2.65 bits per heavy atom. The Bertz CT molecular complexity index is 753. The first-order chi connectivity index (χ1) is 12.5. The van der Waals surface area contributed by atoms with E-state index in [2.05, 4.69) is 0 Å². The van der Waals surface area contributed by atoms with E-state index in [0.717, 1.165) is 17.4 Å². The molecule has 0 aliphatic carbocycles. The van der Waals surface area contributed by atoms with Gasteiger partial charge in [0.15, 0.2) is 0 Å². The van der Waals surface area contributed by atoms with Crippen LogP contribution < -0.4 is 0 Å². The number of ether oxygens (including phenoxy) is 1. The van der Waals surface area contributed by atoms with Crippen LogP contribution >= 0.6 is 0 Å².